The fourth-order valence-electron chi connectivity index (χ4n) is 3.41. The van der Waals surface area contributed by atoms with Gasteiger partial charge in [0, 0.05) is 38.4 Å². The maximum absolute atomic E-state index is 12.5. The molecule has 5 nitrogen and oxygen atoms in total. The Balaban J connectivity index is 1.66. The lowest BCUT2D eigenvalue weighted by Crippen LogP contribution is -2.31. The van der Waals surface area contributed by atoms with E-state index in [-0.39, 0.29) is 11.5 Å². The van der Waals surface area contributed by atoms with Gasteiger partial charge >= 0.3 is 0 Å². The Morgan fingerprint density at radius 3 is 2.96 bits per heavy atom. The zero-order chi connectivity index (χ0) is 17.6. The van der Waals surface area contributed by atoms with E-state index in [1.54, 1.807) is 19.4 Å². The predicted octanol–water partition coefficient (Wildman–Crippen LogP) is 2.34. The topological polar surface area (TPSA) is 60.3 Å². The van der Waals surface area contributed by atoms with Gasteiger partial charge in [-0.2, -0.15) is 0 Å². The van der Waals surface area contributed by atoms with Crippen LogP contribution in [0.15, 0.2) is 47.4 Å². The van der Waals surface area contributed by atoms with Crippen molar-refractivity contribution in [2.24, 2.45) is 0 Å². The van der Waals surface area contributed by atoms with E-state index in [1.165, 1.54) is 21.8 Å². The van der Waals surface area contributed by atoms with E-state index < -0.39 is 0 Å². The number of fused-ring (bicyclic) bond motifs is 1. The van der Waals surface area contributed by atoms with Gasteiger partial charge in [0.05, 0.1) is 12.2 Å². The van der Waals surface area contributed by atoms with Crippen molar-refractivity contribution in [3.63, 3.8) is 0 Å². The van der Waals surface area contributed by atoms with Crippen LogP contribution in [0.4, 0.5) is 0 Å². The van der Waals surface area contributed by atoms with Crippen LogP contribution in [0.5, 0.6) is 0 Å². The molecule has 25 heavy (non-hydrogen) atoms. The largest absolute Gasteiger partial charge is 0.383 e. The third-order valence-corrected chi connectivity index (χ3v) is 4.78. The fraction of sp³-hybridized carbons (Fsp3) is 0.400. The molecule has 1 aliphatic rings. The van der Waals surface area contributed by atoms with E-state index in [0.29, 0.717) is 31.2 Å². The number of hydrogen-bond donors (Lipinski definition) is 1. The number of aryl methyl sites for hydroxylation is 1. The molecule has 0 bridgehead atoms. The minimum Gasteiger partial charge on any atom is -0.383 e. The maximum atomic E-state index is 12.5. The Morgan fingerprint density at radius 2 is 2.12 bits per heavy atom. The second kappa shape index (κ2) is 8.12. The van der Waals surface area contributed by atoms with Gasteiger partial charge in [0.25, 0.3) is 11.5 Å². The number of hydrogen-bond acceptors (Lipinski definition) is 3. The summed E-state index contributed by atoms with van der Waals surface area (Å²) < 4.78 is 6.51. The number of nitrogens with zero attached hydrogens (tertiary/aromatic N) is 1. The maximum Gasteiger partial charge on any atom is 0.252 e. The first kappa shape index (κ1) is 17.4. The quantitative estimate of drug-likeness (QED) is 0.878. The molecule has 1 N–H and O–H groups in total. The van der Waals surface area contributed by atoms with E-state index in [9.17, 15) is 9.59 Å². The van der Waals surface area contributed by atoms with Crippen molar-refractivity contribution in [2.75, 3.05) is 20.3 Å². The third-order valence-electron chi connectivity index (χ3n) is 4.78. The highest BCUT2D eigenvalue weighted by atomic mass is 16.5. The molecule has 1 aliphatic carbocycles. The summed E-state index contributed by atoms with van der Waals surface area (Å²) in [5.41, 5.74) is 3.11. The van der Waals surface area contributed by atoms with E-state index >= 15 is 0 Å². The van der Waals surface area contributed by atoms with Crippen LogP contribution in [0, 0.1) is 0 Å². The fourth-order valence-corrected chi connectivity index (χ4v) is 3.41. The number of benzene rings is 1. The summed E-state index contributed by atoms with van der Waals surface area (Å²) in [6, 6.07) is 11.5. The highest BCUT2D eigenvalue weighted by molar-refractivity contribution is 5.93. The first-order chi connectivity index (χ1) is 12.2. The van der Waals surface area contributed by atoms with Crippen LogP contribution >= 0.6 is 0 Å². The molecule has 0 spiro atoms. The first-order valence-corrected chi connectivity index (χ1v) is 8.74. The number of methoxy groups -OCH3 is 1. The zero-order valence-electron chi connectivity index (χ0n) is 14.5. The molecule has 0 aliphatic heterocycles. The molecule has 0 fully saturated rings. The number of aromatic nitrogens is 1. The molecular formula is C20H24N2O3. The van der Waals surface area contributed by atoms with E-state index in [1.807, 2.05) is 0 Å². The van der Waals surface area contributed by atoms with Crippen LogP contribution in [0.1, 0.15) is 40.2 Å². The minimum atomic E-state index is -0.144. The molecule has 0 saturated carbocycles. The van der Waals surface area contributed by atoms with Crippen molar-refractivity contribution >= 4 is 5.91 Å². The minimum absolute atomic E-state index is 0.130. The second-order valence-electron chi connectivity index (χ2n) is 6.44. The van der Waals surface area contributed by atoms with Gasteiger partial charge in [-0.15, -0.1) is 0 Å². The van der Waals surface area contributed by atoms with Crippen LogP contribution in [-0.2, 0) is 17.7 Å². The number of rotatable bonds is 6. The van der Waals surface area contributed by atoms with Gasteiger partial charge in [0.2, 0.25) is 0 Å². The van der Waals surface area contributed by atoms with Crippen molar-refractivity contribution in [3.05, 3.63) is 69.6 Å². The average molecular weight is 340 g/mol. The Bertz CT molecular complexity index is 798. The lowest BCUT2D eigenvalue weighted by molar-refractivity contribution is 0.0949. The van der Waals surface area contributed by atoms with Crippen LogP contribution in [0.3, 0.4) is 0 Å². The summed E-state index contributed by atoms with van der Waals surface area (Å²) in [4.78, 5) is 24.3. The third kappa shape index (κ3) is 4.17. The van der Waals surface area contributed by atoms with Crippen LogP contribution in [-0.4, -0.2) is 30.7 Å². The monoisotopic (exact) mass is 340 g/mol. The van der Waals surface area contributed by atoms with Crippen molar-refractivity contribution in [2.45, 2.75) is 31.7 Å². The standard InChI is InChI=1S/C20H24N2O3/c1-25-12-11-22-14-17(9-10-19(22)23)20(24)21-13-16-7-4-6-15-5-2-3-8-18(15)16/h2-3,5,8-10,14,16H,4,6-7,11-13H2,1H3,(H,21,24)/t16-/m1/s1. The van der Waals surface area contributed by atoms with Crippen LogP contribution in [0.2, 0.25) is 0 Å². The Hall–Kier alpha value is -2.40. The average Bonchev–Trinajstić information content (AvgIpc) is 2.65. The van der Waals surface area contributed by atoms with Crippen molar-refractivity contribution in [1.29, 1.82) is 0 Å². The number of carbonyl (C=O) groups excluding carboxylic acids is 1. The van der Waals surface area contributed by atoms with Gasteiger partial charge in [-0.05, 0) is 36.5 Å². The molecule has 1 amide bonds. The summed E-state index contributed by atoms with van der Waals surface area (Å²) in [6.07, 6.45) is 4.96. The Morgan fingerprint density at radius 1 is 1.28 bits per heavy atom. The summed E-state index contributed by atoms with van der Waals surface area (Å²) in [5.74, 6) is 0.211. The predicted molar refractivity (Wildman–Crippen MR) is 97.0 cm³/mol. The van der Waals surface area contributed by atoms with Crippen molar-refractivity contribution in [1.82, 2.24) is 9.88 Å². The van der Waals surface area contributed by atoms with Crippen molar-refractivity contribution in [3.8, 4) is 0 Å². The highest BCUT2D eigenvalue weighted by Crippen LogP contribution is 2.30. The Kier molecular flexibility index (Phi) is 5.66. The molecular weight excluding hydrogens is 316 g/mol. The second-order valence-corrected chi connectivity index (χ2v) is 6.44. The van der Waals surface area contributed by atoms with E-state index in [4.69, 9.17) is 4.74 Å². The molecule has 1 atom stereocenters. The summed E-state index contributed by atoms with van der Waals surface area (Å²) in [6.45, 7) is 1.49. The SMILES string of the molecule is COCCn1cc(C(=O)NC[C@H]2CCCc3ccccc32)ccc1=O. The molecule has 5 heteroatoms. The summed E-state index contributed by atoms with van der Waals surface area (Å²) in [5, 5.41) is 3.03. The van der Waals surface area contributed by atoms with Gasteiger partial charge < -0.3 is 14.6 Å². The van der Waals surface area contributed by atoms with Gasteiger partial charge in [0.15, 0.2) is 0 Å². The number of ether oxygens (including phenoxy) is 1. The van der Waals surface area contributed by atoms with E-state index in [0.717, 1.165) is 19.3 Å². The first-order valence-electron chi connectivity index (χ1n) is 8.74. The van der Waals surface area contributed by atoms with Crippen LogP contribution in [0.25, 0.3) is 0 Å². The number of nitrogens with one attached hydrogen (secondary N) is 1. The van der Waals surface area contributed by atoms with Gasteiger partial charge in [-0.3, -0.25) is 9.59 Å². The molecule has 1 aromatic heterocycles. The number of pyridine rings is 1. The zero-order valence-corrected chi connectivity index (χ0v) is 14.5. The number of amides is 1. The lowest BCUT2D eigenvalue weighted by atomic mass is 9.83. The van der Waals surface area contributed by atoms with Crippen molar-refractivity contribution < 1.29 is 9.53 Å². The van der Waals surface area contributed by atoms with Gasteiger partial charge in [0.1, 0.15) is 0 Å². The molecule has 1 aromatic carbocycles. The summed E-state index contributed by atoms with van der Waals surface area (Å²) in [7, 11) is 1.59. The molecule has 132 valence electrons. The molecule has 0 saturated heterocycles. The van der Waals surface area contributed by atoms with Crippen LogP contribution < -0.4 is 10.9 Å². The molecule has 1 heterocycles. The summed E-state index contributed by atoms with van der Waals surface area (Å²) >= 11 is 0. The van der Waals surface area contributed by atoms with E-state index in [2.05, 4.69) is 29.6 Å². The number of carbonyl (C=O) groups is 1. The normalized spacial score (nSPS) is 16.3. The van der Waals surface area contributed by atoms with Gasteiger partial charge in [-0.1, -0.05) is 24.3 Å². The lowest BCUT2D eigenvalue weighted by Gasteiger charge is -2.25. The molecule has 0 radical (unpaired) electrons. The molecule has 3 rings (SSSR count). The Labute approximate surface area is 147 Å². The van der Waals surface area contributed by atoms with Gasteiger partial charge in [-0.25, -0.2) is 0 Å². The molecule has 0 unspecified atom stereocenters. The highest BCUT2D eigenvalue weighted by Gasteiger charge is 2.20. The smallest absolute Gasteiger partial charge is 0.252 e. The molecule has 2 aromatic rings.